The van der Waals surface area contributed by atoms with Crippen molar-refractivity contribution in [2.24, 2.45) is 11.3 Å². The number of nitrogens with one attached hydrogen (secondary N) is 1. The molecule has 1 spiro atoms. The fourth-order valence-electron chi connectivity index (χ4n) is 3.58. The van der Waals surface area contributed by atoms with Crippen molar-refractivity contribution in [3.63, 3.8) is 0 Å². The zero-order chi connectivity index (χ0) is 12.8. The quantitative estimate of drug-likeness (QED) is 0.757. The smallest absolute Gasteiger partial charge is 0.226 e. The molecule has 0 radical (unpaired) electrons. The summed E-state index contributed by atoms with van der Waals surface area (Å²) < 4.78 is 5.60. The van der Waals surface area contributed by atoms with E-state index in [0.717, 1.165) is 26.1 Å². The normalized spacial score (nSPS) is 38.8. The van der Waals surface area contributed by atoms with Crippen LogP contribution in [0, 0.1) is 11.3 Å². The van der Waals surface area contributed by atoms with Gasteiger partial charge >= 0.3 is 0 Å². The topological polar surface area (TPSA) is 41.6 Å². The van der Waals surface area contributed by atoms with Gasteiger partial charge < -0.3 is 15.0 Å². The minimum atomic E-state index is 0.188. The number of hydrogen-bond donors (Lipinski definition) is 1. The van der Waals surface area contributed by atoms with E-state index in [1.54, 1.807) is 0 Å². The Morgan fingerprint density at radius 2 is 2.06 bits per heavy atom. The van der Waals surface area contributed by atoms with Gasteiger partial charge in [0.1, 0.15) is 0 Å². The lowest BCUT2D eigenvalue weighted by Gasteiger charge is -2.37. The van der Waals surface area contributed by atoms with Gasteiger partial charge in [0.15, 0.2) is 0 Å². The molecule has 0 unspecified atom stereocenters. The van der Waals surface area contributed by atoms with E-state index in [4.69, 9.17) is 4.74 Å². The summed E-state index contributed by atoms with van der Waals surface area (Å²) in [6.45, 7) is 7.78. The number of amides is 1. The standard InChI is InChI=1S/C14H24N2O2/c1-10-9-18-11(2)8-16(10)13(17)12-7-14(12)3-5-15-6-4-14/h10-12,15H,3-9H2,1-2H3/t10-,11-,12+/m1/s1. The predicted molar refractivity (Wildman–Crippen MR) is 69.2 cm³/mol. The summed E-state index contributed by atoms with van der Waals surface area (Å²) >= 11 is 0. The molecular weight excluding hydrogens is 228 g/mol. The highest BCUT2D eigenvalue weighted by Gasteiger charge is 2.59. The number of ether oxygens (including phenoxy) is 1. The summed E-state index contributed by atoms with van der Waals surface area (Å²) in [5.41, 5.74) is 0.351. The first kappa shape index (κ1) is 12.4. The van der Waals surface area contributed by atoms with Crippen LogP contribution in [0.2, 0.25) is 0 Å². The second kappa shape index (κ2) is 4.49. The van der Waals surface area contributed by atoms with Gasteiger partial charge in [-0.2, -0.15) is 0 Å². The van der Waals surface area contributed by atoms with Crippen LogP contribution in [0.1, 0.15) is 33.1 Å². The SMILES string of the molecule is C[C@@H]1CN(C(=O)[C@@H]2CC23CCNCC3)[C@H](C)CO1. The van der Waals surface area contributed by atoms with Gasteiger partial charge in [-0.1, -0.05) is 0 Å². The van der Waals surface area contributed by atoms with Crippen LogP contribution in [-0.4, -0.2) is 49.2 Å². The van der Waals surface area contributed by atoms with E-state index in [0.29, 0.717) is 23.8 Å². The molecule has 3 rings (SSSR count). The van der Waals surface area contributed by atoms with Crippen LogP contribution in [0.4, 0.5) is 0 Å². The first-order chi connectivity index (χ1) is 8.62. The molecule has 1 amide bonds. The highest BCUT2D eigenvalue weighted by atomic mass is 16.5. The van der Waals surface area contributed by atoms with E-state index >= 15 is 0 Å². The molecule has 2 heterocycles. The monoisotopic (exact) mass is 252 g/mol. The van der Waals surface area contributed by atoms with Crippen molar-refractivity contribution in [3.05, 3.63) is 0 Å². The third kappa shape index (κ3) is 2.05. The van der Waals surface area contributed by atoms with Gasteiger partial charge in [0.25, 0.3) is 0 Å². The minimum absolute atomic E-state index is 0.188. The third-order valence-electron chi connectivity index (χ3n) is 4.98. The Morgan fingerprint density at radius 3 is 2.78 bits per heavy atom. The maximum absolute atomic E-state index is 12.6. The van der Waals surface area contributed by atoms with Gasteiger partial charge in [-0.05, 0) is 51.6 Å². The van der Waals surface area contributed by atoms with Crippen LogP contribution >= 0.6 is 0 Å². The molecule has 102 valence electrons. The molecule has 0 bridgehead atoms. The van der Waals surface area contributed by atoms with Gasteiger partial charge in [0, 0.05) is 12.5 Å². The molecule has 1 saturated carbocycles. The summed E-state index contributed by atoms with van der Waals surface area (Å²) in [6, 6.07) is 0.244. The van der Waals surface area contributed by atoms with Gasteiger partial charge in [-0.15, -0.1) is 0 Å². The van der Waals surface area contributed by atoms with E-state index in [-0.39, 0.29) is 12.1 Å². The average molecular weight is 252 g/mol. The number of nitrogens with zero attached hydrogens (tertiary/aromatic N) is 1. The third-order valence-corrected chi connectivity index (χ3v) is 4.98. The minimum Gasteiger partial charge on any atom is -0.375 e. The molecule has 18 heavy (non-hydrogen) atoms. The van der Waals surface area contributed by atoms with E-state index < -0.39 is 0 Å². The first-order valence-corrected chi connectivity index (χ1v) is 7.25. The Labute approximate surface area is 109 Å². The fourth-order valence-corrected chi connectivity index (χ4v) is 3.58. The van der Waals surface area contributed by atoms with Crippen LogP contribution in [0.3, 0.4) is 0 Å². The summed E-state index contributed by atoms with van der Waals surface area (Å²) in [5, 5.41) is 3.39. The first-order valence-electron chi connectivity index (χ1n) is 7.25. The Morgan fingerprint density at radius 1 is 1.33 bits per heavy atom. The van der Waals surface area contributed by atoms with Crippen molar-refractivity contribution in [2.45, 2.75) is 45.3 Å². The molecule has 3 aliphatic rings. The molecule has 2 aliphatic heterocycles. The van der Waals surface area contributed by atoms with Crippen molar-refractivity contribution >= 4 is 5.91 Å². The van der Waals surface area contributed by atoms with Gasteiger partial charge in [0.05, 0.1) is 18.8 Å². The van der Waals surface area contributed by atoms with E-state index in [2.05, 4.69) is 24.1 Å². The van der Waals surface area contributed by atoms with Crippen molar-refractivity contribution in [3.8, 4) is 0 Å². The number of carbonyl (C=O) groups is 1. The van der Waals surface area contributed by atoms with E-state index in [1.165, 1.54) is 12.8 Å². The van der Waals surface area contributed by atoms with Crippen LogP contribution < -0.4 is 5.32 Å². The van der Waals surface area contributed by atoms with Crippen molar-refractivity contribution < 1.29 is 9.53 Å². The van der Waals surface area contributed by atoms with Crippen LogP contribution in [-0.2, 0) is 9.53 Å². The van der Waals surface area contributed by atoms with Crippen molar-refractivity contribution in [1.82, 2.24) is 10.2 Å². The number of carbonyl (C=O) groups excluding carboxylic acids is 1. The highest BCUT2D eigenvalue weighted by Crippen LogP contribution is 2.59. The molecule has 1 N–H and O–H groups in total. The Bertz CT molecular complexity index is 339. The fraction of sp³-hybridized carbons (Fsp3) is 0.929. The van der Waals surface area contributed by atoms with Gasteiger partial charge in [-0.25, -0.2) is 0 Å². The Kier molecular flexibility index (Phi) is 3.10. The molecule has 4 heteroatoms. The van der Waals surface area contributed by atoms with Crippen molar-refractivity contribution in [1.29, 1.82) is 0 Å². The zero-order valence-corrected chi connectivity index (χ0v) is 11.4. The Balaban J connectivity index is 1.64. The average Bonchev–Trinajstić information content (AvgIpc) is 3.06. The molecule has 0 aromatic rings. The van der Waals surface area contributed by atoms with Gasteiger partial charge in [-0.3, -0.25) is 4.79 Å². The molecular formula is C14H24N2O2. The lowest BCUT2D eigenvalue weighted by atomic mass is 9.91. The lowest BCUT2D eigenvalue weighted by Crippen LogP contribution is -2.51. The van der Waals surface area contributed by atoms with E-state index in [1.807, 2.05) is 0 Å². The zero-order valence-electron chi connectivity index (χ0n) is 11.4. The maximum atomic E-state index is 12.6. The second-order valence-corrected chi connectivity index (χ2v) is 6.35. The summed E-state index contributed by atoms with van der Waals surface area (Å²) in [7, 11) is 0. The molecule has 4 nitrogen and oxygen atoms in total. The molecule has 1 aliphatic carbocycles. The molecule has 3 fully saturated rings. The predicted octanol–water partition coefficient (Wildman–Crippen LogP) is 1.01. The maximum Gasteiger partial charge on any atom is 0.226 e. The van der Waals surface area contributed by atoms with Crippen LogP contribution in [0.25, 0.3) is 0 Å². The number of hydrogen-bond acceptors (Lipinski definition) is 3. The Hall–Kier alpha value is -0.610. The van der Waals surface area contributed by atoms with Crippen LogP contribution in [0.15, 0.2) is 0 Å². The second-order valence-electron chi connectivity index (χ2n) is 6.35. The van der Waals surface area contributed by atoms with E-state index in [9.17, 15) is 4.79 Å². The molecule has 3 atom stereocenters. The number of rotatable bonds is 1. The molecule has 0 aromatic heterocycles. The van der Waals surface area contributed by atoms with Crippen LogP contribution in [0.5, 0.6) is 0 Å². The summed E-state index contributed by atoms with van der Waals surface area (Å²) in [4.78, 5) is 14.7. The van der Waals surface area contributed by atoms with Gasteiger partial charge in [0.2, 0.25) is 5.91 Å². The summed E-state index contributed by atoms with van der Waals surface area (Å²) in [6.07, 6.45) is 3.66. The molecule has 2 saturated heterocycles. The summed E-state index contributed by atoms with van der Waals surface area (Å²) in [5.74, 6) is 0.687. The lowest BCUT2D eigenvalue weighted by molar-refractivity contribution is -0.145. The number of piperidine rings is 1. The molecule has 0 aromatic carbocycles. The number of morpholine rings is 1. The highest BCUT2D eigenvalue weighted by molar-refractivity contribution is 5.83. The van der Waals surface area contributed by atoms with Crippen molar-refractivity contribution in [2.75, 3.05) is 26.2 Å². The largest absolute Gasteiger partial charge is 0.375 e.